The van der Waals surface area contributed by atoms with E-state index < -0.39 is 12.2 Å². The number of hydrogen-bond acceptors (Lipinski definition) is 6. The minimum absolute atomic E-state index is 0.239. The number of aliphatic hydroxyl groups is 1. The van der Waals surface area contributed by atoms with Crippen molar-refractivity contribution in [2.24, 2.45) is 0 Å². The maximum Gasteiger partial charge on any atom is 0.407 e. The second kappa shape index (κ2) is 9.62. The molecular weight excluding hydrogens is 290 g/mol. The molecule has 0 radical (unpaired) electrons. The zero-order valence-electron chi connectivity index (χ0n) is 12.7. The molecule has 1 heterocycles. The van der Waals surface area contributed by atoms with Gasteiger partial charge < -0.3 is 29.4 Å². The van der Waals surface area contributed by atoms with Gasteiger partial charge in [-0.15, -0.1) is 0 Å². The van der Waals surface area contributed by atoms with E-state index >= 15 is 0 Å². The molecule has 1 aliphatic rings. The first-order valence-electron chi connectivity index (χ1n) is 6.88. The Morgan fingerprint density at radius 1 is 1.45 bits per heavy atom. The molecular formula is C15H21NO6. The van der Waals surface area contributed by atoms with Crippen LogP contribution in [0.3, 0.4) is 0 Å². The van der Waals surface area contributed by atoms with E-state index in [0.29, 0.717) is 30.9 Å². The van der Waals surface area contributed by atoms with Crippen molar-refractivity contribution in [2.75, 3.05) is 20.3 Å². The molecule has 1 saturated heterocycles. The average Bonchev–Trinajstić information content (AvgIpc) is 2.91. The Morgan fingerprint density at radius 3 is 2.59 bits per heavy atom. The lowest BCUT2D eigenvalue weighted by Gasteiger charge is -2.12. The van der Waals surface area contributed by atoms with Crippen molar-refractivity contribution in [3.05, 3.63) is 24.3 Å². The molecule has 1 amide bonds. The lowest BCUT2D eigenvalue weighted by atomic mass is 10.3. The highest BCUT2D eigenvalue weighted by Gasteiger charge is 2.23. The summed E-state index contributed by atoms with van der Waals surface area (Å²) in [6.07, 6.45) is -0.154. The fraction of sp³-hybridized carbons (Fsp3) is 0.467. The number of aldehydes is 1. The van der Waals surface area contributed by atoms with Crippen LogP contribution in [-0.2, 0) is 9.53 Å². The highest BCUT2D eigenvalue weighted by atomic mass is 16.6. The average molecular weight is 311 g/mol. The van der Waals surface area contributed by atoms with E-state index in [4.69, 9.17) is 19.3 Å². The lowest BCUT2D eigenvalue weighted by molar-refractivity contribution is -0.109. The van der Waals surface area contributed by atoms with Gasteiger partial charge in [0.1, 0.15) is 12.9 Å². The molecule has 0 saturated carbocycles. The number of cyclic esters (lactones) is 1. The summed E-state index contributed by atoms with van der Waals surface area (Å²) in [5, 5.41) is 10.9. The lowest BCUT2D eigenvalue weighted by Crippen LogP contribution is -2.22. The number of nitrogens with one attached hydrogen (secondary N) is 1. The molecule has 22 heavy (non-hydrogen) atoms. The molecule has 2 rings (SSSR count). The maximum atomic E-state index is 10.8. The van der Waals surface area contributed by atoms with Crippen LogP contribution in [0.1, 0.15) is 13.3 Å². The first-order chi connectivity index (χ1) is 10.6. The summed E-state index contributed by atoms with van der Waals surface area (Å²) in [4.78, 5) is 20.2. The van der Waals surface area contributed by atoms with Crippen molar-refractivity contribution in [1.29, 1.82) is 0 Å². The number of rotatable bonds is 6. The van der Waals surface area contributed by atoms with E-state index in [-0.39, 0.29) is 12.5 Å². The van der Waals surface area contributed by atoms with Crippen molar-refractivity contribution in [2.45, 2.75) is 25.6 Å². The number of ether oxygens (including phenoxy) is 3. The van der Waals surface area contributed by atoms with Crippen molar-refractivity contribution in [3.8, 4) is 11.5 Å². The number of benzene rings is 1. The van der Waals surface area contributed by atoms with Crippen molar-refractivity contribution in [1.82, 2.24) is 5.32 Å². The summed E-state index contributed by atoms with van der Waals surface area (Å²) in [6, 6.07) is 7.34. The van der Waals surface area contributed by atoms with Crippen molar-refractivity contribution in [3.63, 3.8) is 0 Å². The predicted octanol–water partition coefficient (Wildman–Crippen LogP) is 1.14. The number of aliphatic hydroxyl groups excluding tert-OH is 1. The van der Waals surface area contributed by atoms with E-state index in [1.165, 1.54) is 0 Å². The summed E-state index contributed by atoms with van der Waals surface area (Å²) >= 11 is 0. The van der Waals surface area contributed by atoms with Crippen LogP contribution in [0.2, 0.25) is 0 Å². The largest absolute Gasteiger partial charge is 0.493 e. The van der Waals surface area contributed by atoms with Crippen molar-refractivity contribution >= 4 is 12.4 Å². The number of alkyl carbamates (subject to hydrolysis) is 1. The molecule has 2 unspecified atom stereocenters. The summed E-state index contributed by atoms with van der Waals surface area (Å²) in [5.74, 6) is 1.31. The van der Waals surface area contributed by atoms with E-state index in [9.17, 15) is 9.59 Å². The summed E-state index contributed by atoms with van der Waals surface area (Å²) in [5.41, 5.74) is 0. The molecule has 0 aliphatic carbocycles. The predicted molar refractivity (Wildman–Crippen MR) is 79.1 cm³/mol. The number of hydrogen-bond donors (Lipinski definition) is 2. The van der Waals surface area contributed by atoms with Crippen LogP contribution in [0.5, 0.6) is 11.5 Å². The zero-order valence-corrected chi connectivity index (χ0v) is 12.7. The Balaban J connectivity index is 0.000000346. The topological polar surface area (TPSA) is 94.1 Å². The van der Waals surface area contributed by atoms with E-state index in [2.05, 4.69) is 5.32 Å². The molecule has 1 aromatic carbocycles. The molecule has 7 nitrogen and oxygen atoms in total. The summed E-state index contributed by atoms with van der Waals surface area (Å²) in [6.45, 7) is 2.38. The van der Waals surface area contributed by atoms with E-state index in [0.717, 1.165) is 0 Å². The van der Waals surface area contributed by atoms with Gasteiger partial charge in [-0.25, -0.2) is 4.79 Å². The van der Waals surface area contributed by atoms with Crippen molar-refractivity contribution < 1.29 is 28.9 Å². The van der Waals surface area contributed by atoms with Gasteiger partial charge in [0, 0.05) is 6.42 Å². The minimum atomic E-state index is -0.470. The van der Waals surface area contributed by atoms with Gasteiger partial charge in [-0.2, -0.15) is 0 Å². The van der Waals surface area contributed by atoms with Crippen LogP contribution in [0.4, 0.5) is 4.79 Å². The first-order valence-corrected chi connectivity index (χ1v) is 6.88. The molecule has 1 aromatic rings. The van der Waals surface area contributed by atoms with Crippen LogP contribution in [-0.4, -0.2) is 50.0 Å². The number of carbonyl (C=O) groups is 2. The number of carbonyl (C=O) groups excluding carboxylic acids is 2. The third kappa shape index (κ3) is 6.45. The highest BCUT2D eigenvalue weighted by Crippen LogP contribution is 2.26. The fourth-order valence-corrected chi connectivity index (χ4v) is 1.58. The minimum Gasteiger partial charge on any atom is -0.493 e. The Labute approximate surface area is 129 Å². The first kappa shape index (κ1) is 17.8. The zero-order chi connectivity index (χ0) is 16.4. The normalized spacial score (nSPS) is 17.4. The molecule has 1 aliphatic heterocycles. The number of methoxy groups -OCH3 is 1. The Hall–Kier alpha value is -2.28. The number of para-hydroxylation sites is 2. The Bertz CT molecular complexity index is 477. The summed E-state index contributed by atoms with van der Waals surface area (Å²) in [7, 11) is 1.58. The Kier molecular flexibility index (Phi) is 7.77. The molecule has 0 spiro atoms. The van der Waals surface area contributed by atoms with E-state index in [1.54, 1.807) is 14.0 Å². The smallest absolute Gasteiger partial charge is 0.407 e. The van der Waals surface area contributed by atoms with Gasteiger partial charge in [-0.3, -0.25) is 0 Å². The van der Waals surface area contributed by atoms with Crippen LogP contribution in [0, 0.1) is 0 Å². The molecule has 7 heteroatoms. The third-order valence-corrected chi connectivity index (χ3v) is 2.68. The molecule has 0 bridgehead atoms. The van der Waals surface area contributed by atoms with Gasteiger partial charge in [0.2, 0.25) is 0 Å². The second-order valence-electron chi connectivity index (χ2n) is 4.62. The van der Waals surface area contributed by atoms with Crippen LogP contribution in [0.25, 0.3) is 0 Å². The second-order valence-corrected chi connectivity index (χ2v) is 4.62. The van der Waals surface area contributed by atoms with Gasteiger partial charge in [0.25, 0.3) is 0 Å². The highest BCUT2D eigenvalue weighted by molar-refractivity contribution is 5.69. The van der Waals surface area contributed by atoms with E-state index in [1.807, 2.05) is 24.3 Å². The molecule has 2 atom stereocenters. The van der Waals surface area contributed by atoms with Crippen LogP contribution < -0.4 is 14.8 Å². The van der Waals surface area contributed by atoms with Crippen LogP contribution >= 0.6 is 0 Å². The standard InChI is InChI=1S/C11H13NO4.C4H8O2/c1-14-9-4-2-3-5-10(9)15-7-8-6-12-11(13)16-8;1-4(6)2-3-5/h2-5,8H,6-7H2,1H3,(H,12,13);3-4,6H,2H2,1H3. The quantitative estimate of drug-likeness (QED) is 0.765. The molecule has 2 N–H and O–H groups in total. The van der Waals surface area contributed by atoms with Gasteiger partial charge in [0.05, 0.1) is 19.8 Å². The number of amides is 1. The molecule has 122 valence electrons. The Morgan fingerprint density at radius 2 is 2.14 bits per heavy atom. The van der Waals surface area contributed by atoms with Crippen LogP contribution in [0.15, 0.2) is 24.3 Å². The van der Waals surface area contributed by atoms with Gasteiger partial charge in [-0.1, -0.05) is 12.1 Å². The molecule has 1 fully saturated rings. The van der Waals surface area contributed by atoms with Gasteiger partial charge >= 0.3 is 6.09 Å². The summed E-state index contributed by atoms with van der Waals surface area (Å²) < 4.78 is 15.6. The monoisotopic (exact) mass is 311 g/mol. The van der Waals surface area contributed by atoms with Gasteiger partial charge in [0.15, 0.2) is 17.6 Å². The third-order valence-electron chi connectivity index (χ3n) is 2.68. The fourth-order valence-electron chi connectivity index (χ4n) is 1.58. The molecule has 0 aromatic heterocycles. The van der Waals surface area contributed by atoms with Gasteiger partial charge in [-0.05, 0) is 19.1 Å². The SMILES string of the molecule is CC(O)CC=O.COc1ccccc1OCC1CNC(=O)O1. The maximum absolute atomic E-state index is 10.8.